The number of carbonyl (C=O) groups is 1. The summed E-state index contributed by atoms with van der Waals surface area (Å²) in [6, 6.07) is 3.48. The van der Waals surface area contributed by atoms with Gasteiger partial charge in [0, 0.05) is 13.5 Å². The minimum atomic E-state index is -0.527. The van der Waals surface area contributed by atoms with Crippen molar-refractivity contribution in [3.05, 3.63) is 23.7 Å². The molecule has 5 nitrogen and oxygen atoms in total. The van der Waals surface area contributed by atoms with Crippen molar-refractivity contribution in [2.24, 2.45) is 5.92 Å². The second-order valence-electron chi connectivity index (χ2n) is 5.28. The fourth-order valence-electron chi connectivity index (χ4n) is 2.66. The van der Waals surface area contributed by atoms with Gasteiger partial charge >= 0.3 is 0 Å². The summed E-state index contributed by atoms with van der Waals surface area (Å²) in [6.07, 6.45) is 2.63. The van der Waals surface area contributed by atoms with Gasteiger partial charge in [-0.3, -0.25) is 4.79 Å². The van der Waals surface area contributed by atoms with Crippen LogP contribution in [0.5, 0.6) is 0 Å². The Kier molecular flexibility index (Phi) is 5.20. The number of aliphatic hydroxyl groups is 1. The second kappa shape index (κ2) is 6.90. The van der Waals surface area contributed by atoms with Crippen molar-refractivity contribution in [1.29, 1.82) is 0 Å². The third kappa shape index (κ3) is 3.41. The molecule has 2 rings (SSSR count). The van der Waals surface area contributed by atoms with Crippen LogP contribution in [-0.4, -0.2) is 30.8 Å². The Bertz CT molecular complexity index is 443. The molecule has 5 heteroatoms. The van der Waals surface area contributed by atoms with Gasteiger partial charge in [0.25, 0.3) is 0 Å². The van der Waals surface area contributed by atoms with Gasteiger partial charge < -0.3 is 19.6 Å². The van der Waals surface area contributed by atoms with E-state index < -0.39 is 6.10 Å². The molecular formula is C15H23NO4. The highest BCUT2D eigenvalue weighted by molar-refractivity contribution is 5.80. The molecule has 0 bridgehead atoms. The largest absolute Gasteiger partial charge is 0.464 e. The first-order valence-corrected chi connectivity index (χ1v) is 7.21. The molecule has 1 heterocycles. The van der Waals surface area contributed by atoms with E-state index in [-0.39, 0.29) is 17.9 Å². The van der Waals surface area contributed by atoms with Crippen LogP contribution in [0.1, 0.15) is 43.7 Å². The van der Waals surface area contributed by atoms with E-state index in [1.807, 2.05) is 19.1 Å². The zero-order chi connectivity index (χ0) is 14.5. The summed E-state index contributed by atoms with van der Waals surface area (Å²) in [6.45, 7) is 2.37. The quantitative estimate of drug-likeness (QED) is 0.834. The summed E-state index contributed by atoms with van der Waals surface area (Å²) >= 11 is 0. The predicted octanol–water partition coefficient (Wildman–Crippen LogP) is 1.81. The lowest BCUT2D eigenvalue weighted by molar-refractivity contribution is -0.128. The molecule has 0 spiro atoms. The van der Waals surface area contributed by atoms with Crippen molar-refractivity contribution < 1.29 is 19.1 Å². The van der Waals surface area contributed by atoms with E-state index >= 15 is 0 Å². The van der Waals surface area contributed by atoms with Crippen LogP contribution in [0.3, 0.4) is 0 Å². The third-order valence-electron chi connectivity index (χ3n) is 3.84. The average Bonchev–Trinajstić information content (AvgIpc) is 3.06. The molecule has 1 saturated carbocycles. The maximum absolute atomic E-state index is 12.2. The molecule has 1 fully saturated rings. The van der Waals surface area contributed by atoms with E-state index in [0.717, 1.165) is 25.0 Å². The second-order valence-corrected chi connectivity index (χ2v) is 5.28. The molecule has 2 N–H and O–H groups in total. The summed E-state index contributed by atoms with van der Waals surface area (Å²) in [7, 11) is 1.59. The topological polar surface area (TPSA) is 71.7 Å². The maximum atomic E-state index is 12.2. The van der Waals surface area contributed by atoms with E-state index in [1.54, 1.807) is 7.11 Å². The van der Waals surface area contributed by atoms with Crippen LogP contribution >= 0.6 is 0 Å². The number of aliphatic hydroxyl groups excluding tert-OH is 1. The number of furan rings is 1. The smallest absolute Gasteiger partial charge is 0.226 e. The van der Waals surface area contributed by atoms with Gasteiger partial charge in [-0.05, 0) is 31.4 Å². The van der Waals surface area contributed by atoms with Crippen LogP contribution in [0, 0.1) is 5.92 Å². The van der Waals surface area contributed by atoms with Gasteiger partial charge in [0.1, 0.15) is 17.6 Å². The van der Waals surface area contributed by atoms with Crippen molar-refractivity contribution in [3.63, 3.8) is 0 Å². The van der Waals surface area contributed by atoms with E-state index in [4.69, 9.17) is 9.15 Å². The van der Waals surface area contributed by atoms with Gasteiger partial charge in [0.05, 0.1) is 18.6 Å². The van der Waals surface area contributed by atoms with Crippen molar-refractivity contribution >= 4 is 5.91 Å². The maximum Gasteiger partial charge on any atom is 0.226 e. The Labute approximate surface area is 119 Å². The highest BCUT2D eigenvalue weighted by Crippen LogP contribution is 2.27. The first-order chi connectivity index (χ1) is 9.65. The molecule has 0 saturated heterocycles. The van der Waals surface area contributed by atoms with Gasteiger partial charge in [-0.15, -0.1) is 0 Å². The molecule has 0 aliphatic heterocycles. The number of hydrogen-bond donors (Lipinski definition) is 2. The Morgan fingerprint density at radius 2 is 2.35 bits per heavy atom. The molecule has 3 atom stereocenters. The number of hydrogen-bond acceptors (Lipinski definition) is 4. The number of carbonyl (C=O) groups excluding carboxylic acids is 1. The summed E-state index contributed by atoms with van der Waals surface area (Å²) < 4.78 is 10.8. The van der Waals surface area contributed by atoms with Crippen LogP contribution in [0.15, 0.2) is 16.5 Å². The first kappa shape index (κ1) is 15.1. The van der Waals surface area contributed by atoms with Gasteiger partial charge in [0.2, 0.25) is 5.91 Å². The number of nitrogens with one attached hydrogen (secondary N) is 1. The van der Waals surface area contributed by atoms with E-state index in [2.05, 4.69) is 5.32 Å². The van der Waals surface area contributed by atoms with Gasteiger partial charge in [-0.1, -0.05) is 6.92 Å². The van der Waals surface area contributed by atoms with Crippen molar-refractivity contribution in [3.8, 4) is 0 Å². The minimum absolute atomic E-state index is 0.119. The van der Waals surface area contributed by atoms with Crippen LogP contribution in [-0.2, 0) is 16.0 Å². The standard InChI is InChI=1S/C15H23NO4/c1-3-10-7-8-14(20-10)12(9-19-2)16-15(18)11-5-4-6-13(11)17/h7-8,11-13,17H,3-6,9H2,1-2H3,(H,16,18). The molecule has 1 aliphatic rings. The summed E-state index contributed by atoms with van der Waals surface area (Å²) in [4.78, 5) is 12.2. The zero-order valence-electron chi connectivity index (χ0n) is 12.1. The van der Waals surface area contributed by atoms with Crippen LogP contribution in [0.2, 0.25) is 0 Å². The first-order valence-electron chi connectivity index (χ1n) is 7.21. The molecule has 0 aromatic carbocycles. The summed E-state index contributed by atoms with van der Waals surface area (Å²) in [5.41, 5.74) is 0. The fraction of sp³-hybridized carbons (Fsp3) is 0.667. The van der Waals surface area contributed by atoms with Crippen molar-refractivity contribution in [2.45, 2.75) is 44.8 Å². The normalized spacial score (nSPS) is 23.8. The Balaban J connectivity index is 2.03. The Hall–Kier alpha value is -1.33. The van der Waals surface area contributed by atoms with Gasteiger partial charge in [0.15, 0.2) is 0 Å². The van der Waals surface area contributed by atoms with Crippen molar-refractivity contribution in [1.82, 2.24) is 5.32 Å². The average molecular weight is 281 g/mol. The molecule has 3 unspecified atom stereocenters. The van der Waals surface area contributed by atoms with E-state index in [0.29, 0.717) is 18.8 Å². The Morgan fingerprint density at radius 1 is 1.55 bits per heavy atom. The lowest BCUT2D eigenvalue weighted by Gasteiger charge is -2.20. The van der Waals surface area contributed by atoms with Crippen LogP contribution < -0.4 is 5.32 Å². The predicted molar refractivity (Wildman–Crippen MR) is 74.2 cm³/mol. The lowest BCUT2D eigenvalue weighted by atomic mass is 10.0. The molecule has 20 heavy (non-hydrogen) atoms. The minimum Gasteiger partial charge on any atom is -0.464 e. The van der Waals surface area contributed by atoms with E-state index in [1.165, 1.54) is 0 Å². The number of amides is 1. The molecular weight excluding hydrogens is 258 g/mol. The van der Waals surface area contributed by atoms with Crippen LogP contribution in [0.25, 0.3) is 0 Å². The fourth-order valence-corrected chi connectivity index (χ4v) is 2.66. The Morgan fingerprint density at radius 3 is 2.90 bits per heavy atom. The molecule has 1 aliphatic carbocycles. The molecule has 1 aromatic rings. The highest BCUT2D eigenvalue weighted by Gasteiger charge is 2.33. The van der Waals surface area contributed by atoms with Gasteiger partial charge in [-0.2, -0.15) is 0 Å². The van der Waals surface area contributed by atoms with Crippen molar-refractivity contribution in [2.75, 3.05) is 13.7 Å². The molecule has 1 aromatic heterocycles. The van der Waals surface area contributed by atoms with Gasteiger partial charge in [-0.25, -0.2) is 0 Å². The lowest BCUT2D eigenvalue weighted by Crippen LogP contribution is -2.38. The molecule has 1 amide bonds. The summed E-state index contributed by atoms with van der Waals surface area (Å²) in [5.74, 6) is 1.15. The number of aryl methyl sites for hydroxylation is 1. The number of rotatable bonds is 6. The summed E-state index contributed by atoms with van der Waals surface area (Å²) in [5, 5.41) is 12.7. The molecule has 0 radical (unpaired) electrons. The third-order valence-corrected chi connectivity index (χ3v) is 3.84. The SMILES string of the molecule is CCc1ccc(C(COC)NC(=O)C2CCCC2O)o1. The number of methoxy groups -OCH3 is 1. The number of ether oxygens (including phenoxy) is 1. The highest BCUT2D eigenvalue weighted by atomic mass is 16.5. The zero-order valence-corrected chi connectivity index (χ0v) is 12.1. The monoisotopic (exact) mass is 281 g/mol. The van der Waals surface area contributed by atoms with Crippen LogP contribution in [0.4, 0.5) is 0 Å². The molecule has 112 valence electrons. The van der Waals surface area contributed by atoms with E-state index in [9.17, 15) is 9.90 Å².